The van der Waals surface area contributed by atoms with Crippen LogP contribution in [0.3, 0.4) is 0 Å². The number of carboxylic acids is 1. The molecule has 1 saturated heterocycles. The lowest BCUT2D eigenvalue weighted by Crippen LogP contribution is -2.61. The third kappa shape index (κ3) is 38.2. The standard InChI is InChI=1S/C79H129N21O27/c1-17-37(8)60(77(124)93-49(26-35(4)5)69(116)85-41(12)66(113)94-53(33-102)74(121)99-62(45(16)104)79(126)127)97-68(115)43(14)86-70(117)50(27-46-20-22-47(105)23-21-46)92-71(118)51(28-55(81)106)91-57(108)30-83-65(112)40(11)89-78(125)61(44(15)103)98-72(119)48(25-34(2)3)90-56(107)29-82-64(111)39(10)88-76(123)59(36(6)7)96-67(114)42(13)87-73(120)52(32-101)95-75(122)54-19-18-24-100(54)58(109)31-84-63(110)38(9)80/h20-23,34-45,48-54,59-62,101-105H,17-19,24-33,80H2,1-16H3,(H2,81,106)(H,82,111)(H,83,112)(H,84,110)(H,85,116)(H,86,117)(H,87,120)(H,88,123)(H,89,125)(H,90,107)(H,91,108)(H,92,118)(H,93,124)(H,94,113)(H,95,122)(H,96,114)(H,97,115)(H,98,119)(H,99,121)(H,126,127)/t37-,38-,39-,40-,41-,42-,43-,44+,45+,48-,49-,50-,51-,52-,53-,54-,59-,60-,61-,62-/m0/s1. The van der Waals surface area contributed by atoms with Gasteiger partial charge in [-0.3, -0.25) is 95.9 Å². The molecule has 0 spiro atoms. The predicted octanol–water partition coefficient (Wildman–Crippen LogP) is -10.5. The van der Waals surface area contributed by atoms with E-state index < -0.39 is 290 Å². The fourth-order valence-electron chi connectivity index (χ4n) is 12.2. The number of aromatic hydroxyl groups is 1. The summed E-state index contributed by atoms with van der Waals surface area (Å²) in [6, 6.07) is -19.9. The van der Waals surface area contributed by atoms with Crippen molar-refractivity contribution in [1.82, 2.24) is 101 Å². The summed E-state index contributed by atoms with van der Waals surface area (Å²) in [4.78, 5) is 281. The Hall–Kier alpha value is -12.3. The van der Waals surface area contributed by atoms with Crippen LogP contribution in [0.15, 0.2) is 24.3 Å². The van der Waals surface area contributed by atoms with Crippen molar-refractivity contribution < 1.29 is 131 Å². The van der Waals surface area contributed by atoms with E-state index in [-0.39, 0.29) is 56.2 Å². The van der Waals surface area contributed by atoms with Crippen LogP contribution in [0.25, 0.3) is 0 Å². The van der Waals surface area contributed by atoms with E-state index in [1.165, 1.54) is 63.8 Å². The highest BCUT2D eigenvalue weighted by Gasteiger charge is 2.41. The van der Waals surface area contributed by atoms with Crippen molar-refractivity contribution >= 4 is 124 Å². The number of phenolic OH excluding ortho intramolecular Hbond substituents is 1. The molecule has 1 aliphatic rings. The first kappa shape index (κ1) is 111. The Balaban J connectivity index is 2.15. The highest BCUT2D eigenvalue weighted by molar-refractivity contribution is 6.02. The van der Waals surface area contributed by atoms with Gasteiger partial charge in [-0.2, -0.15) is 0 Å². The lowest BCUT2D eigenvalue weighted by Gasteiger charge is -2.29. The zero-order valence-corrected chi connectivity index (χ0v) is 74.1. The van der Waals surface area contributed by atoms with E-state index in [2.05, 4.69) is 90.4 Å². The molecule has 1 aromatic carbocycles. The van der Waals surface area contributed by atoms with E-state index in [1.54, 1.807) is 55.4 Å². The van der Waals surface area contributed by atoms with E-state index in [4.69, 9.17) is 11.5 Å². The summed E-state index contributed by atoms with van der Waals surface area (Å²) in [5.74, 6) is -23.0. The number of carbonyl (C=O) groups excluding carboxylic acids is 20. The van der Waals surface area contributed by atoms with Gasteiger partial charge in [-0.15, -0.1) is 0 Å². The number of hydrogen-bond donors (Lipinski definition) is 26. The average Bonchev–Trinajstić information content (AvgIpc) is 1.77. The number of phenols is 1. The molecule has 712 valence electrons. The number of nitrogens with two attached hydrogens (primary N) is 2. The minimum Gasteiger partial charge on any atom is -0.508 e. The Bertz CT molecular complexity index is 4040. The summed E-state index contributed by atoms with van der Waals surface area (Å²) < 4.78 is 0. The molecule has 0 aromatic heterocycles. The van der Waals surface area contributed by atoms with Crippen LogP contribution < -0.4 is 107 Å². The van der Waals surface area contributed by atoms with Gasteiger partial charge in [0.25, 0.3) is 0 Å². The number of carbonyl (C=O) groups is 21. The van der Waals surface area contributed by atoms with Gasteiger partial charge in [0.15, 0.2) is 6.04 Å². The van der Waals surface area contributed by atoms with E-state index in [9.17, 15) is 131 Å². The molecule has 1 aromatic rings. The molecule has 0 bridgehead atoms. The number of aliphatic hydroxyl groups excluding tert-OH is 4. The minimum absolute atomic E-state index is 0.0269. The first-order valence-electron chi connectivity index (χ1n) is 41.5. The zero-order valence-electron chi connectivity index (χ0n) is 74.1. The Morgan fingerprint density at radius 2 is 0.772 bits per heavy atom. The Morgan fingerprint density at radius 1 is 0.409 bits per heavy atom. The lowest BCUT2D eigenvalue weighted by atomic mass is 9.96. The van der Waals surface area contributed by atoms with Crippen LogP contribution in [0.2, 0.25) is 0 Å². The largest absolute Gasteiger partial charge is 0.508 e. The Morgan fingerprint density at radius 3 is 1.22 bits per heavy atom. The molecule has 1 heterocycles. The van der Waals surface area contributed by atoms with Gasteiger partial charge in [0, 0.05) is 13.0 Å². The van der Waals surface area contributed by atoms with Gasteiger partial charge in [0.1, 0.15) is 96.4 Å². The summed E-state index contributed by atoms with van der Waals surface area (Å²) in [6.07, 6.45) is -3.76. The summed E-state index contributed by atoms with van der Waals surface area (Å²) >= 11 is 0. The molecule has 1 fully saturated rings. The number of aliphatic carboxylic acids is 1. The van der Waals surface area contributed by atoms with Crippen LogP contribution in [0.1, 0.15) is 155 Å². The topological polar surface area (TPSA) is 752 Å². The first-order chi connectivity index (χ1) is 59.2. The monoisotopic (exact) mass is 1800 g/mol. The second-order valence-corrected chi connectivity index (χ2v) is 32.4. The molecular weight excluding hydrogens is 1670 g/mol. The minimum atomic E-state index is -1.87. The second-order valence-electron chi connectivity index (χ2n) is 32.4. The average molecular weight is 1810 g/mol. The molecule has 0 aliphatic carbocycles. The molecule has 20 atom stereocenters. The third-order valence-electron chi connectivity index (χ3n) is 19.9. The lowest BCUT2D eigenvalue weighted by molar-refractivity contribution is -0.145. The van der Waals surface area contributed by atoms with E-state index in [0.717, 1.165) is 20.8 Å². The molecular formula is C79H129N21O27. The van der Waals surface area contributed by atoms with Crippen LogP contribution in [0.5, 0.6) is 5.75 Å². The van der Waals surface area contributed by atoms with Crippen molar-refractivity contribution in [2.75, 3.05) is 39.4 Å². The molecule has 0 radical (unpaired) electrons. The fraction of sp³-hybridized carbons (Fsp3) is 0.658. The number of amides is 20. The number of nitrogens with zero attached hydrogens (tertiary/aromatic N) is 1. The number of primary amides is 1. The number of benzene rings is 1. The maximum atomic E-state index is 14.3. The maximum Gasteiger partial charge on any atom is 0.328 e. The Kier molecular flexibility index (Phi) is 47.0. The SMILES string of the molecule is CC[C@H](C)[C@H](NC(=O)[C@H](C)NC(=O)[C@H](Cc1ccc(O)cc1)NC(=O)[C@H](CC(N)=O)NC(=O)CNC(=O)[C@H](C)NC(=O)[C@@H](NC(=O)[C@H](CC(C)C)NC(=O)CNC(=O)[C@H](C)NC(=O)[C@@H](NC(=O)[C@H](C)NC(=O)[C@H](CO)NC(=O)[C@@H]1CCCN1C(=O)CNC(=O)[C@H](C)N)C(C)C)[C@@H](C)O)C(=O)N[C@@H](CC(C)C)C(=O)N[C@@H](C)C(=O)N[C@@H](CO)C(=O)N[C@H](C(=O)O)[C@@H](C)O. The molecule has 48 heteroatoms. The number of carboxylic acid groups (broad SMARTS) is 1. The van der Waals surface area contributed by atoms with Gasteiger partial charge >= 0.3 is 5.97 Å². The van der Waals surface area contributed by atoms with Crippen LogP contribution in [-0.4, -0.2) is 314 Å². The smallest absolute Gasteiger partial charge is 0.328 e. The molecule has 0 saturated carbocycles. The van der Waals surface area contributed by atoms with Crippen molar-refractivity contribution in [3.8, 4) is 5.75 Å². The molecule has 2 rings (SSSR count). The van der Waals surface area contributed by atoms with Crippen molar-refractivity contribution in [3.63, 3.8) is 0 Å². The summed E-state index contributed by atoms with van der Waals surface area (Å²) in [7, 11) is 0. The number of rotatable bonds is 53. The highest BCUT2D eigenvalue weighted by Crippen LogP contribution is 2.19. The summed E-state index contributed by atoms with van der Waals surface area (Å²) in [5, 5.41) is 102. The number of nitrogens with one attached hydrogen (secondary N) is 18. The molecule has 48 nitrogen and oxygen atoms in total. The molecule has 127 heavy (non-hydrogen) atoms. The summed E-state index contributed by atoms with van der Waals surface area (Å²) in [5.41, 5.74) is 11.3. The van der Waals surface area contributed by atoms with Crippen LogP contribution >= 0.6 is 0 Å². The van der Waals surface area contributed by atoms with Crippen molar-refractivity contribution in [3.05, 3.63) is 29.8 Å². The van der Waals surface area contributed by atoms with Gasteiger partial charge in [-0.1, -0.05) is 73.9 Å². The van der Waals surface area contributed by atoms with Crippen LogP contribution in [-0.2, 0) is 107 Å². The fourth-order valence-corrected chi connectivity index (χ4v) is 12.2. The molecule has 28 N–H and O–H groups in total. The second kappa shape index (κ2) is 53.9. The zero-order chi connectivity index (χ0) is 96.9. The number of hydrogen-bond acceptors (Lipinski definition) is 27. The predicted molar refractivity (Wildman–Crippen MR) is 449 cm³/mol. The Labute approximate surface area is 734 Å². The highest BCUT2D eigenvalue weighted by atomic mass is 16.4. The third-order valence-corrected chi connectivity index (χ3v) is 19.9. The van der Waals surface area contributed by atoms with Crippen molar-refractivity contribution in [1.29, 1.82) is 0 Å². The van der Waals surface area contributed by atoms with Gasteiger partial charge in [-0.05, 0) is 122 Å². The number of likely N-dealkylation sites (tertiary alicyclic amines) is 1. The molecule has 0 unspecified atom stereocenters. The van der Waals surface area contributed by atoms with Crippen LogP contribution in [0.4, 0.5) is 0 Å². The van der Waals surface area contributed by atoms with Gasteiger partial charge in [0.2, 0.25) is 118 Å². The van der Waals surface area contributed by atoms with E-state index in [0.29, 0.717) is 12.0 Å². The van der Waals surface area contributed by atoms with Crippen molar-refractivity contribution in [2.45, 2.75) is 271 Å². The first-order valence-corrected chi connectivity index (χ1v) is 41.5. The normalized spacial score (nSPS) is 16.9. The molecule has 1 aliphatic heterocycles. The van der Waals surface area contributed by atoms with Gasteiger partial charge in [-0.25, -0.2) is 4.79 Å². The van der Waals surface area contributed by atoms with E-state index in [1.807, 2.05) is 5.32 Å². The van der Waals surface area contributed by atoms with Crippen molar-refractivity contribution in [2.24, 2.45) is 35.1 Å². The van der Waals surface area contributed by atoms with Crippen LogP contribution in [0, 0.1) is 23.7 Å². The molecule has 20 amide bonds. The van der Waals surface area contributed by atoms with E-state index >= 15 is 0 Å². The van der Waals surface area contributed by atoms with Gasteiger partial charge in [0.05, 0.1) is 57.5 Å². The maximum absolute atomic E-state index is 14.3. The summed E-state index contributed by atoms with van der Waals surface area (Å²) in [6.45, 7) is 18.9. The van der Waals surface area contributed by atoms with Gasteiger partial charge < -0.3 is 143 Å². The number of aliphatic hydroxyl groups is 4. The quantitative estimate of drug-likeness (QED) is 0.0288.